The van der Waals surface area contributed by atoms with Crippen LogP contribution in [0.25, 0.3) is 0 Å². The van der Waals surface area contributed by atoms with Gasteiger partial charge in [0.25, 0.3) is 0 Å². The van der Waals surface area contributed by atoms with Gasteiger partial charge >= 0.3 is 0 Å². The summed E-state index contributed by atoms with van der Waals surface area (Å²) in [5.74, 6) is 0.284. The van der Waals surface area contributed by atoms with Crippen molar-refractivity contribution in [3.8, 4) is 5.75 Å². The zero-order valence-corrected chi connectivity index (χ0v) is 10.1. The Labute approximate surface area is 109 Å². The van der Waals surface area contributed by atoms with Gasteiger partial charge in [-0.3, -0.25) is 0 Å². The van der Waals surface area contributed by atoms with E-state index in [2.05, 4.69) is 0 Å². The van der Waals surface area contributed by atoms with E-state index in [0.29, 0.717) is 5.69 Å². The van der Waals surface area contributed by atoms with Crippen LogP contribution in [0.15, 0.2) is 24.3 Å². The highest BCUT2D eigenvalue weighted by Crippen LogP contribution is 2.27. The first-order valence-corrected chi connectivity index (χ1v) is 5.86. The van der Waals surface area contributed by atoms with Gasteiger partial charge in [0.15, 0.2) is 0 Å². The van der Waals surface area contributed by atoms with Crippen LogP contribution in [0.4, 0.5) is 5.69 Å². The van der Waals surface area contributed by atoms with Crippen molar-refractivity contribution in [3.05, 3.63) is 24.3 Å². The predicted molar refractivity (Wildman–Crippen MR) is 65.2 cm³/mol. The van der Waals surface area contributed by atoms with Crippen LogP contribution in [-0.4, -0.2) is 57.7 Å². The number of aliphatic hydroxyl groups excluding tert-OH is 4. The lowest BCUT2D eigenvalue weighted by Crippen LogP contribution is -2.60. The first kappa shape index (κ1) is 14.0. The van der Waals surface area contributed by atoms with E-state index in [-0.39, 0.29) is 5.75 Å². The third-order valence-electron chi connectivity index (χ3n) is 3.01. The van der Waals surface area contributed by atoms with Gasteiger partial charge in [0.05, 0.1) is 12.3 Å². The van der Waals surface area contributed by atoms with Crippen LogP contribution in [0.5, 0.6) is 5.75 Å². The Morgan fingerprint density at radius 2 is 1.79 bits per heavy atom. The molecule has 106 valence electrons. The fraction of sp³-hybridized carbons (Fsp3) is 0.500. The van der Waals surface area contributed by atoms with E-state index >= 15 is 0 Å². The number of rotatable bonds is 3. The molecule has 0 bridgehead atoms. The van der Waals surface area contributed by atoms with Crippen molar-refractivity contribution in [2.45, 2.75) is 30.7 Å². The molecule has 1 aliphatic rings. The molecule has 2 rings (SSSR count). The minimum atomic E-state index is -1.47. The van der Waals surface area contributed by atoms with Gasteiger partial charge in [0.1, 0.15) is 30.2 Å². The summed E-state index contributed by atoms with van der Waals surface area (Å²) in [6, 6.07) is 6.60. The molecular formula is C12H17NO6. The standard InChI is InChI=1S/C12H17NO6/c13-6-3-1-2-4-7(6)18-12-11(17)10(16)9(15)8(5-14)19-12/h1-4,8-12,14-17H,5,13H2/t8-,9?,10?,11?,12?/m1/s1. The van der Waals surface area contributed by atoms with E-state index in [1.807, 2.05) is 0 Å². The van der Waals surface area contributed by atoms with E-state index in [4.69, 9.17) is 20.3 Å². The number of hydrogen-bond acceptors (Lipinski definition) is 7. The normalized spacial score (nSPS) is 35.1. The van der Waals surface area contributed by atoms with Gasteiger partial charge < -0.3 is 35.6 Å². The van der Waals surface area contributed by atoms with Crippen LogP contribution in [0.3, 0.4) is 0 Å². The predicted octanol–water partition coefficient (Wildman–Crippen LogP) is -1.55. The minimum absolute atomic E-state index is 0.284. The quantitative estimate of drug-likeness (QED) is 0.421. The van der Waals surface area contributed by atoms with E-state index in [0.717, 1.165) is 0 Å². The number of benzene rings is 1. The highest BCUT2D eigenvalue weighted by molar-refractivity contribution is 5.51. The van der Waals surface area contributed by atoms with Crippen LogP contribution < -0.4 is 10.5 Å². The second-order valence-electron chi connectivity index (χ2n) is 4.35. The molecule has 1 saturated heterocycles. The van der Waals surface area contributed by atoms with Gasteiger partial charge in [-0.05, 0) is 12.1 Å². The molecule has 0 spiro atoms. The van der Waals surface area contributed by atoms with E-state index in [1.54, 1.807) is 24.3 Å². The Balaban J connectivity index is 2.13. The zero-order valence-electron chi connectivity index (χ0n) is 10.1. The number of hydrogen-bond donors (Lipinski definition) is 5. The van der Waals surface area contributed by atoms with Gasteiger partial charge in [0.2, 0.25) is 6.29 Å². The number of nitrogen functional groups attached to an aromatic ring is 1. The monoisotopic (exact) mass is 271 g/mol. The maximum Gasteiger partial charge on any atom is 0.229 e. The molecule has 7 heteroatoms. The Bertz CT molecular complexity index is 426. The fourth-order valence-corrected chi connectivity index (χ4v) is 1.88. The second kappa shape index (κ2) is 5.72. The van der Waals surface area contributed by atoms with Crippen LogP contribution >= 0.6 is 0 Å². The summed E-state index contributed by atoms with van der Waals surface area (Å²) in [7, 11) is 0. The van der Waals surface area contributed by atoms with Crippen molar-refractivity contribution in [2.24, 2.45) is 0 Å². The van der Waals surface area contributed by atoms with Gasteiger partial charge in [-0.2, -0.15) is 0 Å². The zero-order chi connectivity index (χ0) is 14.0. The Hall–Kier alpha value is -1.38. The molecule has 0 saturated carbocycles. The average Bonchev–Trinajstić information content (AvgIpc) is 2.41. The highest BCUT2D eigenvalue weighted by Gasteiger charge is 2.44. The summed E-state index contributed by atoms with van der Waals surface area (Å²) in [5.41, 5.74) is 6.04. The van der Waals surface area contributed by atoms with Crippen LogP contribution in [0.1, 0.15) is 0 Å². The number of para-hydroxylation sites is 2. The van der Waals surface area contributed by atoms with Gasteiger partial charge in [-0.25, -0.2) is 0 Å². The molecule has 1 heterocycles. The van der Waals surface area contributed by atoms with Gasteiger partial charge in [-0.1, -0.05) is 12.1 Å². The summed E-state index contributed by atoms with van der Waals surface area (Å²) >= 11 is 0. The number of anilines is 1. The molecule has 19 heavy (non-hydrogen) atoms. The van der Waals surface area contributed by atoms with Crippen molar-refractivity contribution in [3.63, 3.8) is 0 Å². The maximum absolute atomic E-state index is 9.79. The van der Waals surface area contributed by atoms with E-state index < -0.39 is 37.3 Å². The minimum Gasteiger partial charge on any atom is -0.460 e. The summed E-state index contributed by atoms with van der Waals surface area (Å²) in [4.78, 5) is 0. The Kier molecular flexibility index (Phi) is 4.23. The Morgan fingerprint density at radius 3 is 2.42 bits per heavy atom. The second-order valence-corrected chi connectivity index (χ2v) is 4.35. The topological polar surface area (TPSA) is 125 Å². The molecular weight excluding hydrogens is 254 g/mol. The molecule has 0 amide bonds. The number of nitrogens with two attached hydrogens (primary N) is 1. The van der Waals surface area contributed by atoms with Crippen molar-refractivity contribution in [1.29, 1.82) is 0 Å². The van der Waals surface area contributed by atoms with E-state index in [1.165, 1.54) is 0 Å². The Morgan fingerprint density at radius 1 is 1.11 bits per heavy atom. The lowest BCUT2D eigenvalue weighted by molar-refractivity contribution is -0.277. The van der Waals surface area contributed by atoms with Crippen LogP contribution in [0, 0.1) is 0 Å². The summed E-state index contributed by atoms with van der Waals surface area (Å²) in [6.07, 6.45) is -6.56. The summed E-state index contributed by atoms with van der Waals surface area (Å²) < 4.78 is 10.6. The van der Waals surface area contributed by atoms with Crippen molar-refractivity contribution in [2.75, 3.05) is 12.3 Å². The number of aliphatic hydroxyl groups is 4. The molecule has 5 atom stereocenters. The lowest BCUT2D eigenvalue weighted by Gasteiger charge is -2.39. The largest absolute Gasteiger partial charge is 0.460 e. The van der Waals surface area contributed by atoms with Crippen LogP contribution in [0.2, 0.25) is 0 Å². The first-order chi connectivity index (χ1) is 9.04. The van der Waals surface area contributed by atoms with Crippen LogP contribution in [-0.2, 0) is 4.74 Å². The highest BCUT2D eigenvalue weighted by atomic mass is 16.7. The fourth-order valence-electron chi connectivity index (χ4n) is 1.88. The molecule has 0 aromatic heterocycles. The van der Waals surface area contributed by atoms with Crippen molar-refractivity contribution in [1.82, 2.24) is 0 Å². The molecule has 0 aliphatic carbocycles. The molecule has 1 fully saturated rings. The van der Waals surface area contributed by atoms with Crippen molar-refractivity contribution < 1.29 is 29.9 Å². The third kappa shape index (κ3) is 2.80. The maximum atomic E-state index is 9.79. The molecule has 6 N–H and O–H groups in total. The molecule has 1 aromatic carbocycles. The summed E-state index contributed by atoms with van der Waals surface area (Å²) in [5, 5.41) is 38.1. The smallest absolute Gasteiger partial charge is 0.229 e. The first-order valence-electron chi connectivity index (χ1n) is 5.86. The van der Waals surface area contributed by atoms with E-state index in [9.17, 15) is 15.3 Å². The molecule has 1 aliphatic heterocycles. The number of ether oxygens (including phenoxy) is 2. The molecule has 1 aromatic rings. The molecule has 7 nitrogen and oxygen atoms in total. The van der Waals surface area contributed by atoms with Gasteiger partial charge in [0, 0.05) is 0 Å². The van der Waals surface area contributed by atoms with Gasteiger partial charge in [-0.15, -0.1) is 0 Å². The molecule has 4 unspecified atom stereocenters. The average molecular weight is 271 g/mol. The lowest BCUT2D eigenvalue weighted by atomic mass is 9.99. The SMILES string of the molecule is Nc1ccccc1OC1O[C@H](CO)C(O)C(O)C1O. The van der Waals surface area contributed by atoms with Crippen molar-refractivity contribution >= 4 is 5.69 Å². The summed E-state index contributed by atoms with van der Waals surface area (Å²) in [6.45, 7) is -0.505. The third-order valence-corrected chi connectivity index (χ3v) is 3.01. The molecule has 0 radical (unpaired) electrons.